The molecule has 0 aromatic heterocycles. The third kappa shape index (κ3) is 4.48. The first-order chi connectivity index (χ1) is 11.2. The van der Waals surface area contributed by atoms with Crippen LogP contribution in [0.3, 0.4) is 0 Å². The molecule has 0 radical (unpaired) electrons. The molecular weight excluding hydrogens is 320 g/mol. The Labute approximate surface area is 138 Å². The van der Waals surface area contributed by atoms with Crippen molar-refractivity contribution in [2.75, 3.05) is 6.61 Å². The number of ketones is 2. The molecule has 4 N–H and O–H groups in total. The molecule has 0 bridgehead atoms. The first-order valence-corrected chi connectivity index (χ1v) is 7.75. The Balaban J connectivity index is 3.47. The van der Waals surface area contributed by atoms with Crippen molar-refractivity contribution in [2.24, 2.45) is 17.8 Å². The number of carboxylic acid groups (broad SMARTS) is 2. The maximum absolute atomic E-state index is 12.3. The van der Waals surface area contributed by atoms with E-state index in [4.69, 9.17) is 5.11 Å². The van der Waals surface area contributed by atoms with Crippen LogP contribution in [0.15, 0.2) is 11.6 Å². The molecule has 0 saturated heterocycles. The van der Waals surface area contributed by atoms with Crippen molar-refractivity contribution in [1.82, 2.24) is 0 Å². The standard InChI is InChI=1S/C16H22O8/c1-2-3-9-13(16(23)24)10(15(21)22)6-8(4-5-17)11(18)7-12(19)14(9)20/h4,9-11,13,17-18H,2-3,5-7H2,1H3,(H,21,22)(H,23,24)/b8-4-. The summed E-state index contributed by atoms with van der Waals surface area (Å²) in [5.74, 6) is -9.10. The maximum Gasteiger partial charge on any atom is 0.308 e. The van der Waals surface area contributed by atoms with Crippen molar-refractivity contribution in [3.8, 4) is 0 Å². The first kappa shape index (κ1) is 20.0. The van der Waals surface area contributed by atoms with Crippen LogP contribution in [0.2, 0.25) is 0 Å². The van der Waals surface area contributed by atoms with Crippen LogP contribution in [0.1, 0.15) is 32.6 Å². The van der Waals surface area contributed by atoms with Crippen molar-refractivity contribution < 1.29 is 39.6 Å². The van der Waals surface area contributed by atoms with Gasteiger partial charge in [0.2, 0.25) is 11.6 Å². The van der Waals surface area contributed by atoms with Gasteiger partial charge in [-0.1, -0.05) is 19.4 Å². The predicted octanol–water partition coefficient (Wildman–Crippen LogP) is 0.0159. The SMILES string of the molecule is CCCC1C(=O)C(=O)CC(O)/C(=C\CO)CC(C(=O)O)C1C(=O)O. The van der Waals surface area contributed by atoms with Crippen molar-refractivity contribution in [2.45, 2.75) is 38.7 Å². The van der Waals surface area contributed by atoms with E-state index in [0.29, 0.717) is 6.42 Å². The van der Waals surface area contributed by atoms with Crippen molar-refractivity contribution in [1.29, 1.82) is 0 Å². The normalized spacial score (nSPS) is 30.5. The highest BCUT2D eigenvalue weighted by molar-refractivity contribution is 6.38. The molecule has 134 valence electrons. The summed E-state index contributed by atoms with van der Waals surface area (Å²) in [5, 5.41) is 38.0. The summed E-state index contributed by atoms with van der Waals surface area (Å²) in [6.07, 6.45) is -0.705. The van der Waals surface area contributed by atoms with E-state index >= 15 is 0 Å². The molecule has 8 nitrogen and oxygen atoms in total. The summed E-state index contributed by atoms with van der Waals surface area (Å²) < 4.78 is 0. The molecule has 0 heterocycles. The van der Waals surface area contributed by atoms with E-state index in [-0.39, 0.29) is 18.4 Å². The summed E-state index contributed by atoms with van der Waals surface area (Å²) in [4.78, 5) is 47.7. The molecule has 1 saturated carbocycles. The highest BCUT2D eigenvalue weighted by Gasteiger charge is 2.46. The van der Waals surface area contributed by atoms with Gasteiger partial charge < -0.3 is 20.4 Å². The fraction of sp³-hybridized carbons (Fsp3) is 0.625. The number of aliphatic carboxylic acids is 2. The molecule has 0 aromatic rings. The van der Waals surface area contributed by atoms with Crippen LogP contribution in [0.25, 0.3) is 0 Å². The molecule has 4 unspecified atom stereocenters. The lowest BCUT2D eigenvalue weighted by Crippen LogP contribution is -2.40. The summed E-state index contributed by atoms with van der Waals surface area (Å²) in [7, 11) is 0. The average Bonchev–Trinajstić information content (AvgIpc) is 2.53. The van der Waals surface area contributed by atoms with Crippen molar-refractivity contribution in [3.63, 3.8) is 0 Å². The average molecular weight is 342 g/mol. The van der Waals surface area contributed by atoms with Gasteiger partial charge in [0.1, 0.15) is 0 Å². The Morgan fingerprint density at radius 1 is 1.17 bits per heavy atom. The van der Waals surface area contributed by atoms with Crippen LogP contribution in [0.4, 0.5) is 0 Å². The van der Waals surface area contributed by atoms with Gasteiger partial charge in [0.25, 0.3) is 0 Å². The minimum absolute atomic E-state index is 0.0504. The molecule has 0 amide bonds. The van der Waals surface area contributed by atoms with Gasteiger partial charge in [-0.05, 0) is 18.4 Å². The minimum atomic E-state index is -1.58. The fourth-order valence-corrected chi connectivity index (χ4v) is 3.12. The number of carbonyl (C=O) groups is 4. The van der Waals surface area contributed by atoms with Gasteiger partial charge in [-0.2, -0.15) is 0 Å². The van der Waals surface area contributed by atoms with E-state index in [0.717, 1.165) is 6.08 Å². The summed E-state index contributed by atoms with van der Waals surface area (Å²) in [5.41, 5.74) is 0.0504. The van der Waals surface area contributed by atoms with Gasteiger partial charge >= 0.3 is 11.9 Å². The van der Waals surface area contributed by atoms with Crippen LogP contribution in [-0.4, -0.2) is 56.6 Å². The molecule has 0 aromatic carbocycles. The number of aliphatic hydroxyl groups excluding tert-OH is 2. The molecule has 1 fully saturated rings. The molecule has 0 spiro atoms. The second-order valence-electron chi connectivity index (χ2n) is 5.88. The van der Waals surface area contributed by atoms with Gasteiger partial charge in [0, 0.05) is 12.3 Å². The van der Waals surface area contributed by atoms with E-state index in [1.807, 2.05) is 0 Å². The lowest BCUT2D eigenvalue weighted by atomic mass is 9.74. The van der Waals surface area contributed by atoms with Crippen LogP contribution in [-0.2, 0) is 19.2 Å². The van der Waals surface area contributed by atoms with E-state index in [1.165, 1.54) is 0 Å². The quantitative estimate of drug-likeness (QED) is 0.403. The van der Waals surface area contributed by atoms with Gasteiger partial charge in [0.15, 0.2) is 0 Å². The van der Waals surface area contributed by atoms with Gasteiger partial charge in [-0.3, -0.25) is 19.2 Å². The van der Waals surface area contributed by atoms with Gasteiger partial charge in [-0.15, -0.1) is 0 Å². The van der Waals surface area contributed by atoms with E-state index in [2.05, 4.69) is 0 Å². The van der Waals surface area contributed by atoms with Crippen molar-refractivity contribution in [3.05, 3.63) is 11.6 Å². The lowest BCUT2D eigenvalue weighted by molar-refractivity contribution is -0.158. The maximum atomic E-state index is 12.3. The summed E-state index contributed by atoms with van der Waals surface area (Å²) >= 11 is 0. The molecule has 1 aliphatic carbocycles. The number of aliphatic hydroxyl groups is 2. The van der Waals surface area contributed by atoms with Crippen LogP contribution < -0.4 is 0 Å². The largest absolute Gasteiger partial charge is 0.481 e. The molecule has 1 aliphatic rings. The molecule has 0 aliphatic heterocycles. The number of Topliss-reactive ketones (excluding diaryl/α,β-unsaturated/α-hetero) is 2. The number of rotatable bonds is 5. The molecule has 1 rings (SSSR count). The number of carbonyl (C=O) groups excluding carboxylic acids is 2. The molecular formula is C16H22O8. The van der Waals surface area contributed by atoms with E-state index in [1.54, 1.807) is 6.92 Å². The Kier molecular flexibility index (Phi) is 7.24. The zero-order valence-corrected chi connectivity index (χ0v) is 13.3. The number of carboxylic acids is 2. The molecule has 4 atom stereocenters. The summed E-state index contributed by atoms with van der Waals surface area (Å²) in [6, 6.07) is 0. The van der Waals surface area contributed by atoms with Crippen LogP contribution in [0.5, 0.6) is 0 Å². The van der Waals surface area contributed by atoms with Crippen LogP contribution in [0, 0.1) is 17.8 Å². The van der Waals surface area contributed by atoms with Gasteiger partial charge in [-0.25, -0.2) is 0 Å². The smallest absolute Gasteiger partial charge is 0.308 e. The predicted molar refractivity (Wildman–Crippen MR) is 81.1 cm³/mol. The lowest BCUT2D eigenvalue weighted by Gasteiger charge is -2.26. The minimum Gasteiger partial charge on any atom is -0.481 e. The third-order valence-corrected chi connectivity index (χ3v) is 4.30. The Morgan fingerprint density at radius 2 is 1.79 bits per heavy atom. The second kappa shape index (κ2) is 8.70. The third-order valence-electron chi connectivity index (χ3n) is 4.30. The molecule has 8 heteroatoms. The first-order valence-electron chi connectivity index (χ1n) is 7.75. The zero-order chi connectivity index (χ0) is 18.4. The zero-order valence-electron chi connectivity index (χ0n) is 13.3. The Bertz CT molecular complexity index is 550. The fourth-order valence-electron chi connectivity index (χ4n) is 3.12. The highest BCUT2D eigenvalue weighted by Crippen LogP contribution is 2.34. The molecule has 24 heavy (non-hydrogen) atoms. The highest BCUT2D eigenvalue weighted by atomic mass is 16.4. The number of hydrogen-bond acceptors (Lipinski definition) is 6. The topological polar surface area (TPSA) is 149 Å². The number of hydrogen-bond donors (Lipinski definition) is 4. The monoisotopic (exact) mass is 342 g/mol. The summed E-state index contributed by atoms with van der Waals surface area (Å²) in [6.45, 7) is 1.20. The Hall–Kier alpha value is -2.06. The van der Waals surface area contributed by atoms with E-state index in [9.17, 15) is 34.5 Å². The van der Waals surface area contributed by atoms with E-state index < -0.39 is 60.4 Å². The van der Waals surface area contributed by atoms with Crippen LogP contribution >= 0.6 is 0 Å². The Morgan fingerprint density at radius 3 is 2.25 bits per heavy atom. The van der Waals surface area contributed by atoms with Gasteiger partial charge in [0.05, 0.1) is 24.5 Å². The second-order valence-corrected chi connectivity index (χ2v) is 5.88. The van der Waals surface area contributed by atoms with Crippen molar-refractivity contribution >= 4 is 23.5 Å².